The van der Waals surface area contributed by atoms with Crippen LogP contribution in [-0.4, -0.2) is 6.41 Å². The van der Waals surface area contributed by atoms with Crippen LogP contribution in [-0.2, 0) is 4.79 Å². The highest BCUT2D eigenvalue weighted by molar-refractivity contribution is 5.51. The van der Waals surface area contributed by atoms with Crippen LogP contribution in [0.25, 0.3) is 0 Å². The first-order valence-corrected chi connectivity index (χ1v) is 4.21. The molecule has 0 aliphatic heterocycles. The van der Waals surface area contributed by atoms with E-state index in [0.717, 1.165) is 16.8 Å². The number of nitrogen functional groups attached to an aromatic ring is 1. The minimum absolute atomic E-state index is 0.0143. The van der Waals surface area contributed by atoms with Crippen LogP contribution >= 0.6 is 0 Å². The smallest absolute Gasteiger partial charge is 0.207 e. The van der Waals surface area contributed by atoms with Crippen molar-refractivity contribution in [2.45, 2.75) is 19.9 Å². The number of hydrogen-bond acceptors (Lipinski definition) is 2. The molecule has 1 aromatic rings. The Morgan fingerprint density at radius 2 is 2.23 bits per heavy atom. The molecule has 1 unspecified atom stereocenters. The summed E-state index contributed by atoms with van der Waals surface area (Å²) in [4.78, 5) is 10.2. The van der Waals surface area contributed by atoms with Crippen LogP contribution in [0, 0.1) is 6.92 Å². The van der Waals surface area contributed by atoms with E-state index in [2.05, 4.69) is 5.32 Å². The number of nitrogens with two attached hydrogens (primary N) is 1. The molecule has 1 aromatic carbocycles. The van der Waals surface area contributed by atoms with E-state index in [0.29, 0.717) is 6.41 Å². The molecule has 0 radical (unpaired) electrons. The first-order valence-electron chi connectivity index (χ1n) is 4.21. The standard InChI is InChI=1S/C10H14N2O/c1-7-3-4-9(5-10(7)11)8(2)12-6-13/h3-6,8H,11H2,1-2H3,(H,12,13). The predicted octanol–water partition coefficient (Wildman–Crippen LogP) is 1.38. The van der Waals surface area contributed by atoms with Crippen molar-refractivity contribution in [3.63, 3.8) is 0 Å². The molecule has 0 aliphatic rings. The molecule has 3 nitrogen and oxygen atoms in total. The maximum atomic E-state index is 10.2. The van der Waals surface area contributed by atoms with Crippen molar-refractivity contribution in [3.8, 4) is 0 Å². The second-order valence-corrected chi connectivity index (χ2v) is 3.12. The van der Waals surface area contributed by atoms with Gasteiger partial charge < -0.3 is 11.1 Å². The van der Waals surface area contributed by atoms with Crippen LogP contribution in [0.3, 0.4) is 0 Å². The average molecular weight is 178 g/mol. The van der Waals surface area contributed by atoms with Crippen LogP contribution in [0.15, 0.2) is 18.2 Å². The molecular formula is C10H14N2O. The molecule has 70 valence electrons. The molecular weight excluding hydrogens is 164 g/mol. The Bertz CT molecular complexity index is 310. The fourth-order valence-corrected chi connectivity index (χ4v) is 1.13. The lowest BCUT2D eigenvalue weighted by molar-refractivity contribution is -0.110. The van der Waals surface area contributed by atoms with Gasteiger partial charge in [0.1, 0.15) is 0 Å². The molecule has 0 heterocycles. The predicted molar refractivity (Wildman–Crippen MR) is 53.2 cm³/mol. The van der Waals surface area contributed by atoms with Crippen molar-refractivity contribution in [1.29, 1.82) is 0 Å². The molecule has 0 saturated heterocycles. The maximum absolute atomic E-state index is 10.2. The second-order valence-electron chi connectivity index (χ2n) is 3.12. The Kier molecular flexibility index (Phi) is 2.90. The molecule has 1 amide bonds. The number of rotatable bonds is 3. The first-order chi connectivity index (χ1) is 6.15. The largest absolute Gasteiger partial charge is 0.399 e. The summed E-state index contributed by atoms with van der Waals surface area (Å²) in [6.07, 6.45) is 0.695. The summed E-state index contributed by atoms with van der Waals surface area (Å²) < 4.78 is 0. The number of nitrogens with one attached hydrogen (secondary N) is 1. The van der Waals surface area contributed by atoms with Crippen molar-refractivity contribution < 1.29 is 4.79 Å². The molecule has 0 fully saturated rings. The number of amides is 1. The van der Waals surface area contributed by atoms with E-state index in [4.69, 9.17) is 5.73 Å². The van der Waals surface area contributed by atoms with Gasteiger partial charge in [-0.1, -0.05) is 12.1 Å². The van der Waals surface area contributed by atoms with Gasteiger partial charge in [-0.25, -0.2) is 0 Å². The summed E-state index contributed by atoms with van der Waals surface area (Å²) in [5.41, 5.74) is 8.58. The zero-order chi connectivity index (χ0) is 9.84. The third-order valence-corrected chi connectivity index (χ3v) is 2.12. The quantitative estimate of drug-likeness (QED) is 0.542. The summed E-state index contributed by atoms with van der Waals surface area (Å²) in [6.45, 7) is 3.87. The molecule has 0 saturated carbocycles. The summed E-state index contributed by atoms with van der Waals surface area (Å²) in [5, 5.41) is 2.67. The number of anilines is 1. The van der Waals surface area contributed by atoms with Gasteiger partial charge in [-0.15, -0.1) is 0 Å². The van der Waals surface area contributed by atoms with Crippen molar-refractivity contribution >= 4 is 12.1 Å². The van der Waals surface area contributed by atoms with Gasteiger partial charge in [0, 0.05) is 5.69 Å². The van der Waals surface area contributed by atoms with E-state index in [1.165, 1.54) is 0 Å². The fraction of sp³-hybridized carbons (Fsp3) is 0.300. The molecule has 0 aliphatic carbocycles. The van der Waals surface area contributed by atoms with Crippen molar-refractivity contribution in [3.05, 3.63) is 29.3 Å². The number of hydrogen-bond donors (Lipinski definition) is 2. The molecule has 0 bridgehead atoms. The van der Waals surface area contributed by atoms with Gasteiger partial charge in [-0.3, -0.25) is 4.79 Å². The topological polar surface area (TPSA) is 55.1 Å². The third-order valence-electron chi connectivity index (χ3n) is 2.12. The third kappa shape index (κ3) is 2.21. The van der Waals surface area contributed by atoms with Crippen molar-refractivity contribution in [2.75, 3.05) is 5.73 Å². The van der Waals surface area contributed by atoms with Crippen LogP contribution in [0.5, 0.6) is 0 Å². The minimum atomic E-state index is 0.0143. The number of carbonyl (C=O) groups is 1. The lowest BCUT2D eigenvalue weighted by Gasteiger charge is -2.11. The molecule has 3 N–H and O–H groups in total. The van der Waals surface area contributed by atoms with Crippen LogP contribution in [0.1, 0.15) is 24.1 Å². The summed E-state index contributed by atoms with van der Waals surface area (Å²) in [6, 6.07) is 5.82. The lowest BCUT2D eigenvalue weighted by atomic mass is 10.1. The molecule has 1 rings (SSSR count). The van der Waals surface area contributed by atoms with Crippen LogP contribution in [0.2, 0.25) is 0 Å². The number of carbonyl (C=O) groups excluding carboxylic acids is 1. The Labute approximate surface area is 77.9 Å². The molecule has 0 spiro atoms. The normalized spacial score (nSPS) is 12.2. The average Bonchev–Trinajstić information content (AvgIpc) is 2.10. The Balaban J connectivity index is 2.89. The van der Waals surface area contributed by atoms with Gasteiger partial charge in [-0.05, 0) is 31.0 Å². The van der Waals surface area contributed by atoms with Gasteiger partial charge in [0.25, 0.3) is 0 Å². The Morgan fingerprint density at radius 3 is 2.77 bits per heavy atom. The summed E-state index contributed by atoms with van der Waals surface area (Å²) in [5.74, 6) is 0. The fourth-order valence-electron chi connectivity index (χ4n) is 1.13. The van der Waals surface area contributed by atoms with Gasteiger partial charge in [-0.2, -0.15) is 0 Å². The summed E-state index contributed by atoms with van der Waals surface area (Å²) >= 11 is 0. The van der Waals surface area contributed by atoms with Gasteiger partial charge in [0.05, 0.1) is 6.04 Å². The Morgan fingerprint density at radius 1 is 1.54 bits per heavy atom. The van der Waals surface area contributed by atoms with E-state index in [9.17, 15) is 4.79 Å². The van der Waals surface area contributed by atoms with Crippen LogP contribution in [0.4, 0.5) is 5.69 Å². The molecule has 13 heavy (non-hydrogen) atoms. The first kappa shape index (κ1) is 9.58. The Hall–Kier alpha value is -1.51. The number of aryl methyl sites for hydroxylation is 1. The van der Waals surface area contributed by atoms with E-state index >= 15 is 0 Å². The van der Waals surface area contributed by atoms with Crippen molar-refractivity contribution in [2.24, 2.45) is 0 Å². The molecule has 0 aromatic heterocycles. The maximum Gasteiger partial charge on any atom is 0.207 e. The van der Waals surface area contributed by atoms with Gasteiger partial charge in [0.2, 0.25) is 6.41 Å². The van der Waals surface area contributed by atoms with Gasteiger partial charge >= 0.3 is 0 Å². The highest BCUT2D eigenvalue weighted by Crippen LogP contribution is 2.18. The monoisotopic (exact) mass is 178 g/mol. The van der Waals surface area contributed by atoms with Crippen LogP contribution < -0.4 is 11.1 Å². The zero-order valence-corrected chi connectivity index (χ0v) is 7.87. The molecule has 3 heteroatoms. The minimum Gasteiger partial charge on any atom is -0.399 e. The van der Waals surface area contributed by atoms with E-state index < -0.39 is 0 Å². The highest BCUT2D eigenvalue weighted by Gasteiger charge is 2.04. The zero-order valence-electron chi connectivity index (χ0n) is 7.87. The SMILES string of the molecule is Cc1ccc(C(C)NC=O)cc1N. The molecule has 1 atom stereocenters. The van der Waals surface area contributed by atoms with E-state index in [1.54, 1.807) is 0 Å². The highest BCUT2D eigenvalue weighted by atomic mass is 16.1. The van der Waals surface area contributed by atoms with Crippen molar-refractivity contribution in [1.82, 2.24) is 5.32 Å². The number of benzene rings is 1. The van der Waals surface area contributed by atoms with Gasteiger partial charge in [0.15, 0.2) is 0 Å². The van der Waals surface area contributed by atoms with E-state index in [-0.39, 0.29) is 6.04 Å². The lowest BCUT2D eigenvalue weighted by Crippen LogP contribution is -2.16. The second kappa shape index (κ2) is 3.94. The summed E-state index contributed by atoms with van der Waals surface area (Å²) in [7, 11) is 0. The van der Waals surface area contributed by atoms with E-state index in [1.807, 2.05) is 32.0 Å².